The number of amides is 1. The number of hydrogen-bond acceptors (Lipinski definition) is 7. The van der Waals surface area contributed by atoms with E-state index in [0.29, 0.717) is 25.3 Å². The highest BCUT2D eigenvalue weighted by atomic mass is 16.5. The Morgan fingerprint density at radius 3 is 2.91 bits per heavy atom. The van der Waals surface area contributed by atoms with E-state index in [-0.39, 0.29) is 11.8 Å². The van der Waals surface area contributed by atoms with Crippen LogP contribution in [0, 0.1) is 0 Å². The molecule has 1 N–H and O–H groups in total. The van der Waals surface area contributed by atoms with E-state index in [9.17, 15) is 4.79 Å². The van der Waals surface area contributed by atoms with Crippen LogP contribution in [0.25, 0.3) is 0 Å². The maximum Gasteiger partial charge on any atom is 0.224 e. The third-order valence-electron chi connectivity index (χ3n) is 5.94. The summed E-state index contributed by atoms with van der Waals surface area (Å²) in [6.07, 6.45) is 7.42. The van der Waals surface area contributed by atoms with Crippen molar-refractivity contribution in [3.05, 3.63) is 66.7 Å². The molecule has 1 amide bonds. The van der Waals surface area contributed by atoms with Crippen molar-refractivity contribution >= 4 is 23.2 Å². The van der Waals surface area contributed by atoms with E-state index in [1.807, 2.05) is 54.4 Å². The summed E-state index contributed by atoms with van der Waals surface area (Å²) >= 11 is 0. The lowest BCUT2D eigenvalue weighted by Gasteiger charge is -2.33. The molecular formula is C25H30N6O2. The van der Waals surface area contributed by atoms with Crippen LogP contribution in [0.3, 0.4) is 0 Å². The number of rotatable bonds is 8. The molecule has 0 radical (unpaired) electrons. The summed E-state index contributed by atoms with van der Waals surface area (Å²) in [7, 11) is 3.66. The summed E-state index contributed by atoms with van der Waals surface area (Å²) in [5, 5.41) is 3.19. The summed E-state index contributed by atoms with van der Waals surface area (Å²) in [6, 6.07) is 13.8. The van der Waals surface area contributed by atoms with E-state index < -0.39 is 0 Å². The van der Waals surface area contributed by atoms with Crippen molar-refractivity contribution in [1.82, 2.24) is 19.9 Å². The number of carbonyl (C=O) groups is 1. The molecule has 0 unspecified atom stereocenters. The average Bonchev–Trinajstić information content (AvgIpc) is 2.88. The lowest BCUT2D eigenvalue weighted by molar-refractivity contribution is -0.132. The lowest BCUT2D eigenvalue weighted by Crippen LogP contribution is -2.40. The van der Waals surface area contributed by atoms with E-state index in [2.05, 4.69) is 20.2 Å². The quantitative estimate of drug-likeness (QED) is 0.563. The Labute approximate surface area is 194 Å². The number of nitrogens with zero attached hydrogens (tertiary/aromatic N) is 5. The van der Waals surface area contributed by atoms with Crippen LogP contribution in [0.5, 0.6) is 5.75 Å². The molecule has 3 aromatic rings. The van der Waals surface area contributed by atoms with Crippen molar-refractivity contribution in [1.29, 1.82) is 0 Å². The number of nitrogens with one attached hydrogen (secondary N) is 1. The topological polar surface area (TPSA) is 83.5 Å². The average molecular weight is 447 g/mol. The summed E-state index contributed by atoms with van der Waals surface area (Å²) in [6.45, 7) is 2.15. The van der Waals surface area contributed by atoms with Crippen LogP contribution in [0.4, 0.5) is 17.3 Å². The van der Waals surface area contributed by atoms with Gasteiger partial charge in [0.1, 0.15) is 17.4 Å². The molecule has 1 fully saturated rings. The Bertz CT molecular complexity index is 1060. The summed E-state index contributed by atoms with van der Waals surface area (Å²) in [4.78, 5) is 30.1. The van der Waals surface area contributed by atoms with Crippen molar-refractivity contribution in [2.75, 3.05) is 44.0 Å². The van der Waals surface area contributed by atoms with Gasteiger partial charge in [-0.05, 0) is 37.1 Å². The van der Waals surface area contributed by atoms with Crippen LogP contribution in [-0.2, 0) is 4.79 Å². The van der Waals surface area contributed by atoms with E-state index in [0.717, 1.165) is 42.3 Å². The number of ether oxygens (including phenoxy) is 1. The second-order valence-corrected chi connectivity index (χ2v) is 8.22. The van der Waals surface area contributed by atoms with E-state index in [1.54, 1.807) is 25.7 Å². The minimum Gasteiger partial charge on any atom is -0.497 e. The molecule has 1 aliphatic rings. The fourth-order valence-corrected chi connectivity index (χ4v) is 4.09. The van der Waals surface area contributed by atoms with Gasteiger partial charge >= 0.3 is 0 Å². The number of anilines is 3. The fraction of sp³-hybridized carbons (Fsp3) is 0.360. The maximum atomic E-state index is 13.0. The molecule has 172 valence electrons. The largest absolute Gasteiger partial charge is 0.497 e. The number of piperidine rings is 1. The maximum absolute atomic E-state index is 13.0. The Balaban J connectivity index is 1.34. The highest BCUT2D eigenvalue weighted by Crippen LogP contribution is 2.27. The Hall–Kier alpha value is -3.68. The Morgan fingerprint density at radius 2 is 2.09 bits per heavy atom. The second-order valence-electron chi connectivity index (χ2n) is 8.22. The first-order valence-electron chi connectivity index (χ1n) is 11.3. The number of benzene rings is 1. The molecule has 1 atom stereocenters. The van der Waals surface area contributed by atoms with Gasteiger partial charge in [0.25, 0.3) is 0 Å². The van der Waals surface area contributed by atoms with Gasteiger partial charge in [-0.25, -0.2) is 9.97 Å². The number of likely N-dealkylation sites (tertiary alicyclic amines) is 1. The zero-order valence-corrected chi connectivity index (χ0v) is 19.1. The van der Waals surface area contributed by atoms with Crippen molar-refractivity contribution in [2.24, 2.45) is 0 Å². The Kier molecular flexibility index (Phi) is 7.34. The first kappa shape index (κ1) is 22.5. The number of carbonyl (C=O) groups excluding carboxylic acids is 1. The first-order valence-corrected chi connectivity index (χ1v) is 11.3. The highest BCUT2D eigenvalue weighted by Gasteiger charge is 2.25. The van der Waals surface area contributed by atoms with Crippen LogP contribution in [-0.4, -0.2) is 59.6 Å². The molecule has 8 heteroatoms. The minimum absolute atomic E-state index is 0.184. The van der Waals surface area contributed by atoms with Crippen molar-refractivity contribution in [2.45, 2.75) is 25.2 Å². The zero-order chi connectivity index (χ0) is 23.0. The smallest absolute Gasteiger partial charge is 0.224 e. The molecule has 0 aliphatic carbocycles. The molecule has 33 heavy (non-hydrogen) atoms. The van der Waals surface area contributed by atoms with Gasteiger partial charge in [-0.1, -0.05) is 12.1 Å². The van der Waals surface area contributed by atoms with Gasteiger partial charge < -0.3 is 19.9 Å². The molecule has 1 saturated heterocycles. The predicted molar refractivity (Wildman–Crippen MR) is 129 cm³/mol. The van der Waals surface area contributed by atoms with Crippen molar-refractivity contribution in [3.63, 3.8) is 0 Å². The van der Waals surface area contributed by atoms with Gasteiger partial charge in [-0.15, -0.1) is 0 Å². The number of methoxy groups -OCH3 is 1. The molecule has 0 saturated carbocycles. The van der Waals surface area contributed by atoms with Gasteiger partial charge in [0.05, 0.1) is 13.3 Å². The normalized spacial score (nSPS) is 15.7. The van der Waals surface area contributed by atoms with Gasteiger partial charge in [0.15, 0.2) is 0 Å². The lowest BCUT2D eigenvalue weighted by atomic mass is 9.94. The molecule has 2 aromatic heterocycles. The monoisotopic (exact) mass is 446 g/mol. The van der Waals surface area contributed by atoms with Crippen LogP contribution in [0.1, 0.15) is 30.9 Å². The summed E-state index contributed by atoms with van der Waals surface area (Å²) in [5.74, 6) is 2.61. The standard InChI is InChI=1S/C25H30N6O2/c1-30(20-7-3-8-21(16-20)33-2)15-11-25(32)31-14-5-6-19(18-31)22-9-4-10-23(28-22)29-24-17-26-12-13-27-24/h3-4,7-10,12-13,16-17,19H,5-6,11,14-15,18H2,1-2H3,(H,27,28,29)/t19-/m1/s1. The molecular weight excluding hydrogens is 416 g/mol. The molecule has 0 bridgehead atoms. The van der Waals surface area contributed by atoms with Crippen LogP contribution < -0.4 is 15.0 Å². The zero-order valence-electron chi connectivity index (χ0n) is 19.1. The molecule has 1 aromatic carbocycles. The second kappa shape index (κ2) is 10.8. The third-order valence-corrected chi connectivity index (χ3v) is 5.94. The number of hydrogen-bond donors (Lipinski definition) is 1. The predicted octanol–water partition coefficient (Wildman–Crippen LogP) is 3.86. The van der Waals surface area contributed by atoms with Gasteiger partial charge in [-0.2, -0.15) is 0 Å². The number of pyridine rings is 1. The molecule has 4 rings (SSSR count). The highest BCUT2D eigenvalue weighted by molar-refractivity contribution is 5.77. The molecule has 0 spiro atoms. The van der Waals surface area contributed by atoms with Gasteiger partial charge in [0.2, 0.25) is 5.91 Å². The fourth-order valence-electron chi connectivity index (χ4n) is 4.09. The van der Waals surface area contributed by atoms with Crippen LogP contribution >= 0.6 is 0 Å². The summed E-state index contributed by atoms with van der Waals surface area (Å²) < 4.78 is 5.30. The third kappa shape index (κ3) is 5.97. The number of aromatic nitrogens is 3. The van der Waals surface area contributed by atoms with E-state index in [4.69, 9.17) is 9.72 Å². The van der Waals surface area contributed by atoms with Crippen LogP contribution in [0.2, 0.25) is 0 Å². The van der Waals surface area contributed by atoms with E-state index in [1.165, 1.54) is 0 Å². The summed E-state index contributed by atoms with van der Waals surface area (Å²) in [5.41, 5.74) is 2.03. The molecule has 3 heterocycles. The van der Waals surface area contributed by atoms with Crippen LogP contribution in [0.15, 0.2) is 61.1 Å². The SMILES string of the molecule is COc1cccc(N(C)CCC(=O)N2CCC[C@@H](c3cccc(Nc4cnccn4)n3)C2)c1. The molecule has 8 nitrogen and oxygen atoms in total. The minimum atomic E-state index is 0.184. The first-order chi connectivity index (χ1) is 16.1. The van der Waals surface area contributed by atoms with E-state index >= 15 is 0 Å². The van der Waals surface area contributed by atoms with Crippen molar-refractivity contribution in [3.8, 4) is 5.75 Å². The Morgan fingerprint density at radius 1 is 1.21 bits per heavy atom. The van der Waals surface area contributed by atoms with Gasteiger partial charge in [0, 0.05) is 68.9 Å². The van der Waals surface area contributed by atoms with Gasteiger partial charge in [-0.3, -0.25) is 9.78 Å². The molecule has 1 aliphatic heterocycles. The van der Waals surface area contributed by atoms with Crippen molar-refractivity contribution < 1.29 is 9.53 Å².